The van der Waals surface area contributed by atoms with Crippen LogP contribution >= 0.6 is 0 Å². The monoisotopic (exact) mass is 464 g/mol. The number of likely N-dealkylation sites (N-methyl/N-ethyl adjacent to an activating group) is 1. The van der Waals surface area contributed by atoms with Crippen molar-refractivity contribution in [3.05, 3.63) is 29.3 Å². The molecule has 178 valence electrons. The Morgan fingerprint density at radius 3 is 2.56 bits per heavy atom. The summed E-state index contributed by atoms with van der Waals surface area (Å²) in [5.74, 6) is -0.154. The maximum atomic E-state index is 13.3. The lowest BCUT2D eigenvalue weighted by Gasteiger charge is -2.32. The van der Waals surface area contributed by atoms with E-state index in [9.17, 15) is 18.0 Å². The summed E-state index contributed by atoms with van der Waals surface area (Å²) in [7, 11) is -3.64. The quantitative estimate of drug-likeness (QED) is 0.694. The standard InChI is InChI=1S/C23H36N4O4S/c1-4-24-22(28)17-25-11-7-12-26(15-14-25)23(29)21-16-20(10-9-18(21)2)32(30,31)27-13-6-5-8-19(27)3/h9-10,16,19H,4-8,11-15,17H2,1-3H3,(H,24,28). The Bertz CT molecular complexity index is 934. The van der Waals surface area contributed by atoms with Gasteiger partial charge in [0.25, 0.3) is 5.91 Å². The molecule has 0 aliphatic carbocycles. The summed E-state index contributed by atoms with van der Waals surface area (Å²) in [6.07, 6.45) is 3.53. The minimum Gasteiger partial charge on any atom is -0.355 e. The van der Waals surface area contributed by atoms with E-state index in [1.54, 1.807) is 27.4 Å². The van der Waals surface area contributed by atoms with Crippen LogP contribution in [0.2, 0.25) is 0 Å². The van der Waals surface area contributed by atoms with Crippen molar-refractivity contribution in [3.8, 4) is 0 Å². The van der Waals surface area contributed by atoms with Gasteiger partial charge in [-0.2, -0.15) is 4.31 Å². The Morgan fingerprint density at radius 2 is 1.84 bits per heavy atom. The fourth-order valence-corrected chi connectivity index (χ4v) is 6.24. The van der Waals surface area contributed by atoms with Crippen LogP contribution in [-0.4, -0.2) is 86.2 Å². The number of sulfonamides is 1. The summed E-state index contributed by atoms with van der Waals surface area (Å²) in [6.45, 7) is 9.60. The lowest BCUT2D eigenvalue weighted by atomic mass is 10.1. The molecule has 1 N–H and O–H groups in total. The van der Waals surface area contributed by atoms with Crippen LogP contribution in [0, 0.1) is 6.92 Å². The van der Waals surface area contributed by atoms with E-state index in [0.29, 0.717) is 44.8 Å². The molecule has 2 amide bonds. The number of nitrogens with one attached hydrogen (secondary N) is 1. The molecule has 0 spiro atoms. The second-order valence-electron chi connectivity index (χ2n) is 8.81. The molecule has 0 aromatic heterocycles. The fraction of sp³-hybridized carbons (Fsp3) is 0.652. The molecule has 2 aliphatic rings. The van der Waals surface area contributed by atoms with Crippen molar-refractivity contribution in [2.75, 3.05) is 45.8 Å². The van der Waals surface area contributed by atoms with Crippen LogP contribution in [0.4, 0.5) is 0 Å². The van der Waals surface area contributed by atoms with E-state index in [1.807, 2.05) is 20.8 Å². The lowest BCUT2D eigenvalue weighted by Crippen LogP contribution is -2.42. The zero-order valence-electron chi connectivity index (χ0n) is 19.5. The molecule has 2 saturated heterocycles. The van der Waals surface area contributed by atoms with Gasteiger partial charge in [0.1, 0.15) is 0 Å². The van der Waals surface area contributed by atoms with Gasteiger partial charge in [-0.05, 0) is 57.7 Å². The van der Waals surface area contributed by atoms with Crippen LogP contribution in [0.5, 0.6) is 0 Å². The third kappa shape index (κ3) is 5.68. The van der Waals surface area contributed by atoms with Crippen molar-refractivity contribution in [1.29, 1.82) is 0 Å². The molecule has 1 atom stereocenters. The van der Waals surface area contributed by atoms with E-state index in [1.165, 1.54) is 0 Å². The van der Waals surface area contributed by atoms with Gasteiger partial charge in [-0.25, -0.2) is 8.42 Å². The Hall–Kier alpha value is -1.97. The molecule has 2 aliphatic heterocycles. The number of benzene rings is 1. The SMILES string of the molecule is CCNC(=O)CN1CCCN(C(=O)c2cc(S(=O)(=O)N3CCCCC3C)ccc2C)CC1. The van der Waals surface area contributed by atoms with E-state index in [4.69, 9.17) is 0 Å². The zero-order chi connectivity index (χ0) is 23.3. The fourth-order valence-electron chi connectivity index (χ4n) is 4.51. The highest BCUT2D eigenvalue weighted by Gasteiger charge is 2.32. The first-order valence-corrected chi connectivity index (χ1v) is 13.1. The average molecular weight is 465 g/mol. The number of hydrogen-bond donors (Lipinski definition) is 1. The number of aryl methyl sites for hydroxylation is 1. The first-order valence-electron chi connectivity index (χ1n) is 11.6. The van der Waals surface area contributed by atoms with Crippen molar-refractivity contribution < 1.29 is 18.0 Å². The van der Waals surface area contributed by atoms with E-state index in [-0.39, 0.29) is 22.8 Å². The number of carbonyl (C=O) groups excluding carboxylic acids is 2. The molecule has 2 heterocycles. The van der Waals surface area contributed by atoms with Crippen LogP contribution in [0.15, 0.2) is 23.1 Å². The van der Waals surface area contributed by atoms with Crippen LogP contribution in [0.1, 0.15) is 55.5 Å². The molecule has 1 aromatic carbocycles. The predicted molar refractivity (Wildman–Crippen MR) is 124 cm³/mol. The van der Waals surface area contributed by atoms with Crippen molar-refractivity contribution >= 4 is 21.8 Å². The van der Waals surface area contributed by atoms with Crippen LogP contribution in [0.3, 0.4) is 0 Å². The van der Waals surface area contributed by atoms with E-state index < -0.39 is 10.0 Å². The molecular formula is C23H36N4O4S. The second-order valence-corrected chi connectivity index (χ2v) is 10.7. The minimum atomic E-state index is -3.64. The maximum absolute atomic E-state index is 13.3. The van der Waals surface area contributed by atoms with Gasteiger partial charge in [-0.15, -0.1) is 0 Å². The number of rotatable bonds is 6. The number of nitrogens with zero attached hydrogens (tertiary/aromatic N) is 3. The molecule has 1 aromatic rings. The Morgan fingerprint density at radius 1 is 1.06 bits per heavy atom. The highest BCUT2D eigenvalue weighted by atomic mass is 32.2. The van der Waals surface area contributed by atoms with Gasteiger partial charge in [-0.3, -0.25) is 14.5 Å². The highest BCUT2D eigenvalue weighted by Crippen LogP contribution is 2.27. The summed E-state index contributed by atoms with van der Waals surface area (Å²) in [5.41, 5.74) is 1.21. The highest BCUT2D eigenvalue weighted by molar-refractivity contribution is 7.89. The number of carbonyl (C=O) groups is 2. The van der Waals surface area contributed by atoms with E-state index >= 15 is 0 Å². The second kappa shape index (κ2) is 10.8. The Balaban J connectivity index is 1.75. The normalized spacial score (nSPS) is 21.2. The van der Waals surface area contributed by atoms with Crippen LogP contribution in [-0.2, 0) is 14.8 Å². The number of piperidine rings is 1. The predicted octanol–water partition coefficient (Wildman–Crippen LogP) is 1.84. The Kier molecular flexibility index (Phi) is 8.30. The minimum absolute atomic E-state index is 0.00651. The van der Waals surface area contributed by atoms with Crippen molar-refractivity contribution in [1.82, 2.24) is 19.4 Å². The van der Waals surface area contributed by atoms with Gasteiger partial charge >= 0.3 is 0 Å². The van der Waals surface area contributed by atoms with Gasteiger partial charge in [0.2, 0.25) is 15.9 Å². The molecule has 0 bridgehead atoms. The van der Waals surface area contributed by atoms with Gasteiger partial charge in [0, 0.05) is 50.9 Å². The summed E-state index contributed by atoms with van der Waals surface area (Å²) in [4.78, 5) is 29.3. The van der Waals surface area contributed by atoms with Crippen molar-refractivity contribution in [3.63, 3.8) is 0 Å². The summed E-state index contributed by atoms with van der Waals surface area (Å²) in [5, 5.41) is 2.81. The maximum Gasteiger partial charge on any atom is 0.254 e. The molecule has 0 radical (unpaired) electrons. The molecular weight excluding hydrogens is 428 g/mol. The molecule has 32 heavy (non-hydrogen) atoms. The van der Waals surface area contributed by atoms with Crippen LogP contribution in [0.25, 0.3) is 0 Å². The average Bonchev–Trinajstić information content (AvgIpc) is 2.99. The first kappa shape index (κ1) is 24.7. The smallest absolute Gasteiger partial charge is 0.254 e. The van der Waals surface area contributed by atoms with Crippen LogP contribution < -0.4 is 5.32 Å². The molecule has 8 nitrogen and oxygen atoms in total. The number of amides is 2. The summed E-state index contributed by atoms with van der Waals surface area (Å²) < 4.78 is 28.1. The third-order valence-corrected chi connectivity index (χ3v) is 8.41. The largest absolute Gasteiger partial charge is 0.355 e. The van der Waals surface area contributed by atoms with Gasteiger partial charge in [0.15, 0.2) is 0 Å². The van der Waals surface area contributed by atoms with E-state index in [0.717, 1.165) is 37.8 Å². The van der Waals surface area contributed by atoms with E-state index in [2.05, 4.69) is 10.2 Å². The molecule has 1 unspecified atom stereocenters. The summed E-state index contributed by atoms with van der Waals surface area (Å²) >= 11 is 0. The summed E-state index contributed by atoms with van der Waals surface area (Å²) in [6, 6.07) is 4.86. The van der Waals surface area contributed by atoms with Crippen molar-refractivity contribution in [2.45, 2.75) is 57.4 Å². The van der Waals surface area contributed by atoms with Gasteiger partial charge in [0.05, 0.1) is 11.4 Å². The molecule has 3 rings (SSSR count). The lowest BCUT2D eigenvalue weighted by molar-refractivity contribution is -0.122. The van der Waals surface area contributed by atoms with Gasteiger partial charge < -0.3 is 10.2 Å². The first-order chi connectivity index (χ1) is 15.2. The van der Waals surface area contributed by atoms with Gasteiger partial charge in [-0.1, -0.05) is 12.5 Å². The molecule has 9 heteroatoms. The zero-order valence-corrected chi connectivity index (χ0v) is 20.3. The molecule has 2 fully saturated rings. The van der Waals surface area contributed by atoms with Crippen molar-refractivity contribution in [2.24, 2.45) is 0 Å². The Labute approximate surface area is 192 Å². The number of hydrogen-bond acceptors (Lipinski definition) is 5. The topological polar surface area (TPSA) is 90.0 Å². The third-order valence-electron chi connectivity index (χ3n) is 6.40. The molecule has 0 saturated carbocycles.